The van der Waals surface area contributed by atoms with E-state index in [0.29, 0.717) is 30.9 Å². The number of nitrogens with two attached hydrogens (primary N) is 1. The molecule has 2 atom stereocenters. The maximum Gasteiger partial charge on any atom is 0.328 e. The van der Waals surface area contributed by atoms with Gasteiger partial charge in [0.15, 0.2) is 0 Å². The third-order valence-electron chi connectivity index (χ3n) is 4.53. The number of hydrogen-bond acceptors (Lipinski definition) is 6. The van der Waals surface area contributed by atoms with Gasteiger partial charge in [-0.1, -0.05) is 6.07 Å². The highest BCUT2D eigenvalue weighted by molar-refractivity contribution is 5.94. The van der Waals surface area contributed by atoms with E-state index in [2.05, 4.69) is 0 Å². The second-order valence-corrected chi connectivity index (χ2v) is 6.51. The Bertz CT molecular complexity index is 973. The molecule has 1 amide bonds. The van der Waals surface area contributed by atoms with Gasteiger partial charge in [-0.05, 0) is 31.2 Å². The first kappa shape index (κ1) is 19.8. The van der Waals surface area contributed by atoms with E-state index in [-0.39, 0.29) is 19.0 Å². The number of nitrogens with one attached hydrogen (secondary N) is 1. The fourth-order valence-electron chi connectivity index (χ4n) is 3.09. The number of β-amino-alcohol motifs (C(OH)–C–C–N with tert-alkyl or cyclic N) is 1. The molecule has 3 rings (SSSR count). The predicted octanol–water partition coefficient (Wildman–Crippen LogP) is -0.539. The Morgan fingerprint density at radius 3 is 2.89 bits per heavy atom. The van der Waals surface area contributed by atoms with Crippen molar-refractivity contribution in [3.8, 4) is 5.75 Å². The van der Waals surface area contributed by atoms with Crippen molar-refractivity contribution in [2.24, 2.45) is 5.73 Å². The lowest BCUT2D eigenvalue weighted by Gasteiger charge is -2.18. The van der Waals surface area contributed by atoms with Crippen molar-refractivity contribution in [2.45, 2.75) is 18.6 Å². The zero-order valence-corrected chi connectivity index (χ0v) is 15.0. The molecule has 1 fully saturated rings. The van der Waals surface area contributed by atoms with Gasteiger partial charge in [0, 0.05) is 18.7 Å². The molecule has 1 aromatic carbocycles. The highest BCUT2D eigenvalue weighted by atomic mass is 19.1. The summed E-state index contributed by atoms with van der Waals surface area (Å²) in [6.07, 6.45) is 0.341. The number of aromatic nitrogens is 2. The first-order valence-electron chi connectivity index (χ1n) is 8.82. The second-order valence-electron chi connectivity index (χ2n) is 6.51. The Hall–Kier alpha value is -2.98. The average molecular weight is 392 g/mol. The van der Waals surface area contributed by atoms with Crippen molar-refractivity contribution in [2.75, 3.05) is 26.2 Å². The molecule has 0 unspecified atom stereocenters. The molecule has 0 bridgehead atoms. The highest BCUT2D eigenvalue weighted by Crippen LogP contribution is 2.24. The number of halogens is 1. The van der Waals surface area contributed by atoms with Gasteiger partial charge in [-0.2, -0.15) is 4.39 Å². The minimum atomic E-state index is -1.14. The minimum absolute atomic E-state index is 0.0103. The van der Waals surface area contributed by atoms with Crippen LogP contribution < -0.4 is 21.7 Å². The third kappa shape index (κ3) is 4.12. The van der Waals surface area contributed by atoms with Crippen molar-refractivity contribution in [1.82, 2.24) is 14.5 Å². The lowest BCUT2D eigenvalue weighted by molar-refractivity contribution is 0.0764. The quantitative estimate of drug-likeness (QED) is 0.566. The van der Waals surface area contributed by atoms with Crippen molar-refractivity contribution < 1.29 is 19.0 Å². The Morgan fingerprint density at radius 1 is 1.36 bits per heavy atom. The van der Waals surface area contributed by atoms with Gasteiger partial charge >= 0.3 is 5.69 Å². The first-order chi connectivity index (χ1) is 13.4. The van der Waals surface area contributed by atoms with Crippen LogP contribution in [0.3, 0.4) is 0 Å². The summed E-state index contributed by atoms with van der Waals surface area (Å²) in [7, 11) is 0. The molecule has 1 aromatic heterocycles. The van der Waals surface area contributed by atoms with Gasteiger partial charge in [0.25, 0.3) is 11.5 Å². The topological polar surface area (TPSA) is 131 Å². The van der Waals surface area contributed by atoms with Crippen LogP contribution in [0.2, 0.25) is 0 Å². The predicted molar refractivity (Wildman–Crippen MR) is 97.8 cm³/mol. The number of nitrogens with zero attached hydrogens (tertiary/aromatic N) is 2. The van der Waals surface area contributed by atoms with E-state index in [1.165, 1.54) is 4.90 Å². The van der Waals surface area contributed by atoms with E-state index in [9.17, 15) is 23.9 Å². The van der Waals surface area contributed by atoms with Gasteiger partial charge in [-0.15, -0.1) is 0 Å². The largest absolute Gasteiger partial charge is 0.494 e. The van der Waals surface area contributed by atoms with Crippen LogP contribution >= 0.6 is 0 Å². The van der Waals surface area contributed by atoms with E-state index in [0.717, 1.165) is 10.8 Å². The van der Waals surface area contributed by atoms with Crippen LogP contribution in [0, 0.1) is 5.82 Å². The summed E-state index contributed by atoms with van der Waals surface area (Å²) in [5, 5.41) is 10.3. The van der Waals surface area contributed by atoms with Crippen molar-refractivity contribution in [1.29, 1.82) is 0 Å². The molecule has 0 saturated carbocycles. The molecule has 4 N–H and O–H groups in total. The minimum Gasteiger partial charge on any atom is -0.494 e. The second kappa shape index (κ2) is 8.36. The molecule has 9 nitrogen and oxygen atoms in total. The molecule has 1 aliphatic heterocycles. The van der Waals surface area contributed by atoms with E-state index in [1.54, 1.807) is 24.3 Å². The lowest BCUT2D eigenvalue weighted by atomic mass is 10.2. The molecule has 2 aromatic rings. The van der Waals surface area contributed by atoms with Crippen LogP contribution in [0.15, 0.2) is 40.1 Å². The maximum atomic E-state index is 13.5. The number of aliphatic hydroxyl groups is 1. The molecule has 0 aliphatic carbocycles. The number of aliphatic hydroxyl groups excluding tert-OH is 1. The lowest BCUT2D eigenvalue weighted by Crippen LogP contribution is -2.37. The summed E-state index contributed by atoms with van der Waals surface area (Å²) in [5.41, 5.74) is 3.80. The first-order valence-corrected chi connectivity index (χ1v) is 8.82. The third-order valence-corrected chi connectivity index (χ3v) is 4.53. The Morgan fingerprint density at radius 2 is 2.14 bits per heavy atom. The molecular weight excluding hydrogens is 371 g/mol. The number of aromatic amines is 1. The van der Waals surface area contributed by atoms with E-state index in [4.69, 9.17) is 10.5 Å². The average Bonchev–Trinajstić information content (AvgIpc) is 3.06. The number of carbonyl (C=O) groups excluding carboxylic acids is 1. The van der Waals surface area contributed by atoms with E-state index in [1.807, 2.05) is 4.98 Å². The van der Waals surface area contributed by atoms with Crippen LogP contribution in [0.5, 0.6) is 5.75 Å². The number of benzene rings is 1. The van der Waals surface area contributed by atoms with Crippen LogP contribution in [-0.4, -0.2) is 57.8 Å². The van der Waals surface area contributed by atoms with Gasteiger partial charge in [0.2, 0.25) is 5.82 Å². The Balaban J connectivity index is 1.76. The number of carbonyl (C=O) groups is 1. The van der Waals surface area contributed by atoms with Gasteiger partial charge in [-0.25, -0.2) is 4.79 Å². The van der Waals surface area contributed by atoms with Crippen LogP contribution in [0.25, 0.3) is 0 Å². The molecule has 2 heterocycles. The number of hydrogen-bond donors (Lipinski definition) is 3. The smallest absolute Gasteiger partial charge is 0.328 e. The zero-order chi connectivity index (χ0) is 20.3. The SMILES string of the molecule is NCCCOc1cccc(C(=O)N2C[C@@H](O)[C@H](n3cc(F)c(=O)[nH]c3=O)C2)c1. The number of ether oxygens (including phenoxy) is 1. The molecule has 0 radical (unpaired) electrons. The molecule has 1 aliphatic rings. The summed E-state index contributed by atoms with van der Waals surface area (Å²) in [6.45, 7) is 0.883. The highest BCUT2D eigenvalue weighted by Gasteiger charge is 2.36. The molecule has 10 heteroatoms. The number of rotatable bonds is 6. The summed E-state index contributed by atoms with van der Waals surface area (Å²) in [6, 6.07) is 5.73. The van der Waals surface area contributed by atoms with Gasteiger partial charge in [-0.3, -0.25) is 19.1 Å². The van der Waals surface area contributed by atoms with E-state index >= 15 is 0 Å². The summed E-state index contributed by atoms with van der Waals surface area (Å²) in [5.74, 6) is -0.975. The fourth-order valence-corrected chi connectivity index (χ4v) is 3.09. The molecule has 28 heavy (non-hydrogen) atoms. The van der Waals surface area contributed by atoms with Gasteiger partial charge in [0.05, 0.1) is 24.9 Å². The number of H-pyrrole nitrogens is 1. The van der Waals surface area contributed by atoms with Crippen molar-refractivity contribution >= 4 is 5.91 Å². The summed E-state index contributed by atoms with van der Waals surface area (Å²) >= 11 is 0. The maximum absolute atomic E-state index is 13.5. The summed E-state index contributed by atoms with van der Waals surface area (Å²) in [4.78, 5) is 39.1. The Kier molecular flexibility index (Phi) is 5.90. The van der Waals surface area contributed by atoms with Gasteiger partial charge in [0.1, 0.15) is 5.75 Å². The van der Waals surface area contributed by atoms with Crippen LogP contribution in [0.1, 0.15) is 22.8 Å². The molecule has 150 valence electrons. The fraction of sp³-hybridized carbons (Fsp3) is 0.389. The summed E-state index contributed by atoms with van der Waals surface area (Å²) < 4.78 is 20.0. The molecule has 0 spiro atoms. The van der Waals surface area contributed by atoms with Crippen LogP contribution in [0.4, 0.5) is 4.39 Å². The van der Waals surface area contributed by atoms with E-state index < -0.39 is 29.2 Å². The molecular formula is C18H21FN4O5. The standard InChI is InChI=1S/C18H21FN4O5/c19-13-8-23(18(27)21-16(13)25)14-9-22(10-15(14)24)17(26)11-3-1-4-12(7-11)28-6-2-5-20/h1,3-4,7-8,14-15,24H,2,5-6,9-10,20H2,(H,21,25,27)/t14-,15-/m1/s1. The van der Waals surface area contributed by atoms with Crippen molar-refractivity contribution in [3.05, 3.63) is 62.7 Å². The van der Waals surface area contributed by atoms with Gasteiger partial charge < -0.3 is 20.5 Å². The normalized spacial score (nSPS) is 19.0. The zero-order valence-electron chi connectivity index (χ0n) is 15.0. The number of amides is 1. The van der Waals surface area contributed by atoms with Crippen LogP contribution in [-0.2, 0) is 0 Å². The molecule has 1 saturated heterocycles. The van der Waals surface area contributed by atoms with Crippen molar-refractivity contribution in [3.63, 3.8) is 0 Å². The Labute approximate surface area is 159 Å². The monoisotopic (exact) mass is 392 g/mol. The number of likely N-dealkylation sites (tertiary alicyclic amines) is 1.